The minimum atomic E-state index is -1.48. The highest BCUT2D eigenvalue weighted by Gasteiger charge is 2.22. The number of thiophene rings is 1. The third kappa shape index (κ3) is 3.95. The predicted molar refractivity (Wildman–Crippen MR) is 134 cm³/mol. The lowest BCUT2D eigenvalue weighted by atomic mass is 9.99. The van der Waals surface area contributed by atoms with Gasteiger partial charge < -0.3 is 4.72 Å². The Labute approximate surface area is 197 Å². The van der Waals surface area contributed by atoms with Crippen molar-refractivity contribution in [2.75, 3.05) is 4.72 Å². The van der Waals surface area contributed by atoms with Crippen molar-refractivity contribution in [2.24, 2.45) is 0 Å². The Bertz CT molecular complexity index is 1460. The molecule has 5 rings (SSSR count). The Kier molecular flexibility index (Phi) is 5.55. The third-order valence-electron chi connectivity index (χ3n) is 5.06. The van der Waals surface area contributed by atoms with Crippen molar-refractivity contribution in [1.82, 2.24) is 15.2 Å². The predicted octanol–water partition coefficient (Wildman–Crippen LogP) is 6.76. The zero-order chi connectivity index (χ0) is 22.2. The number of benzene rings is 2. The molecule has 0 spiro atoms. The standard InChI is InChI=1S/C24H19ClN4OS2/c1-14-5-3-6-16(11-14)21-22-20(29-32(30)18-8-4-7-17(25)13-18)12-15(2)27-24(22)31-23(21)19-9-10-26-28-19/h3-13H,1-2H3,(H,26,28)(H,27,29). The van der Waals surface area contributed by atoms with Crippen LogP contribution in [0.2, 0.25) is 5.02 Å². The van der Waals surface area contributed by atoms with Gasteiger partial charge in [0, 0.05) is 27.9 Å². The van der Waals surface area contributed by atoms with Gasteiger partial charge in [-0.3, -0.25) is 5.10 Å². The average molecular weight is 479 g/mol. The van der Waals surface area contributed by atoms with Crippen molar-refractivity contribution in [2.45, 2.75) is 18.7 Å². The van der Waals surface area contributed by atoms with Crippen LogP contribution in [-0.2, 0) is 11.0 Å². The van der Waals surface area contributed by atoms with E-state index >= 15 is 0 Å². The molecule has 0 aliphatic heterocycles. The highest BCUT2D eigenvalue weighted by Crippen LogP contribution is 2.46. The molecule has 0 amide bonds. The fourth-order valence-electron chi connectivity index (χ4n) is 3.69. The molecule has 5 aromatic rings. The number of anilines is 1. The number of halogens is 1. The maximum absolute atomic E-state index is 13.2. The molecule has 1 atom stereocenters. The average Bonchev–Trinajstić information content (AvgIpc) is 3.41. The smallest absolute Gasteiger partial charge is 0.150 e. The molecular weight excluding hydrogens is 460 g/mol. The lowest BCUT2D eigenvalue weighted by molar-refractivity contribution is 0.686. The van der Waals surface area contributed by atoms with Gasteiger partial charge in [-0.25, -0.2) is 9.19 Å². The zero-order valence-electron chi connectivity index (χ0n) is 17.3. The Morgan fingerprint density at radius 2 is 1.91 bits per heavy atom. The Morgan fingerprint density at radius 3 is 2.66 bits per heavy atom. The van der Waals surface area contributed by atoms with Crippen LogP contribution in [0.25, 0.3) is 31.9 Å². The van der Waals surface area contributed by atoms with E-state index in [9.17, 15) is 4.21 Å². The van der Waals surface area contributed by atoms with E-state index in [2.05, 4.69) is 40.0 Å². The number of aryl methyl sites for hydroxylation is 2. The van der Waals surface area contributed by atoms with Gasteiger partial charge in [0.05, 0.1) is 21.2 Å². The van der Waals surface area contributed by atoms with Crippen LogP contribution in [0.5, 0.6) is 0 Å². The lowest BCUT2D eigenvalue weighted by Crippen LogP contribution is -2.06. The van der Waals surface area contributed by atoms with E-state index < -0.39 is 11.0 Å². The molecule has 5 nitrogen and oxygen atoms in total. The van der Waals surface area contributed by atoms with E-state index in [0.29, 0.717) is 9.92 Å². The number of hydrogen-bond acceptors (Lipinski definition) is 4. The molecule has 1 unspecified atom stereocenters. The number of rotatable bonds is 5. The molecule has 3 heterocycles. The number of hydrogen-bond donors (Lipinski definition) is 2. The van der Waals surface area contributed by atoms with Gasteiger partial charge in [0.25, 0.3) is 0 Å². The van der Waals surface area contributed by atoms with E-state index in [1.807, 2.05) is 25.1 Å². The minimum absolute atomic E-state index is 0.547. The molecule has 0 saturated carbocycles. The van der Waals surface area contributed by atoms with Crippen LogP contribution in [-0.4, -0.2) is 19.4 Å². The Balaban J connectivity index is 1.74. The highest BCUT2D eigenvalue weighted by atomic mass is 35.5. The van der Waals surface area contributed by atoms with Crippen molar-refractivity contribution >= 4 is 49.8 Å². The second-order valence-electron chi connectivity index (χ2n) is 7.47. The van der Waals surface area contributed by atoms with Crippen molar-refractivity contribution in [3.05, 3.63) is 83.1 Å². The summed E-state index contributed by atoms with van der Waals surface area (Å²) in [7, 11) is -1.48. The van der Waals surface area contributed by atoms with Crippen LogP contribution in [0.4, 0.5) is 5.69 Å². The van der Waals surface area contributed by atoms with Gasteiger partial charge in [0.1, 0.15) is 15.8 Å². The van der Waals surface area contributed by atoms with Gasteiger partial charge >= 0.3 is 0 Å². The summed E-state index contributed by atoms with van der Waals surface area (Å²) < 4.78 is 16.4. The molecule has 3 aromatic heterocycles. The van der Waals surface area contributed by atoms with Gasteiger partial charge in [0.2, 0.25) is 0 Å². The molecule has 0 fully saturated rings. The van der Waals surface area contributed by atoms with Crippen LogP contribution in [0.3, 0.4) is 0 Å². The number of aromatic amines is 1. The van der Waals surface area contributed by atoms with Crippen LogP contribution in [0.1, 0.15) is 11.3 Å². The third-order valence-corrected chi connectivity index (χ3v) is 7.49. The van der Waals surface area contributed by atoms with E-state index in [-0.39, 0.29) is 0 Å². The minimum Gasteiger partial charge on any atom is -0.300 e. The Hall–Kier alpha value is -3.00. The molecule has 8 heteroatoms. The van der Waals surface area contributed by atoms with Crippen molar-refractivity contribution in [3.8, 4) is 21.7 Å². The first-order chi connectivity index (χ1) is 15.5. The number of fused-ring (bicyclic) bond motifs is 1. The van der Waals surface area contributed by atoms with Crippen LogP contribution < -0.4 is 4.72 Å². The largest absolute Gasteiger partial charge is 0.300 e. The maximum Gasteiger partial charge on any atom is 0.150 e. The maximum atomic E-state index is 13.2. The molecule has 2 N–H and O–H groups in total. The number of aromatic nitrogens is 3. The first-order valence-corrected chi connectivity index (χ1v) is 12.3. The van der Waals surface area contributed by atoms with Gasteiger partial charge in [-0.05, 0) is 49.7 Å². The van der Waals surface area contributed by atoms with E-state index in [4.69, 9.17) is 16.6 Å². The van der Waals surface area contributed by atoms with E-state index in [1.54, 1.807) is 41.8 Å². The van der Waals surface area contributed by atoms with Crippen molar-refractivity contribution in [3.63, 3.8) is 0 Å². The fourth-order valence-corrected chi connectivity index (χ4v) is 6.10. The summed E-state index contributed by atoms with van der Waals surface area (Å²) in [5.41, 5.74) is 5.80. The summed E-state index contributed by atoms with van der Waals surface area (Å²) in [5.74, 6) is 0. The monoisotopic (exact) mass is 478 g/mol. The zero-order valence-corrected chi connectivity index (χ0v) is 19.7. The van der Waals surface area contributed by atoms with Crippen molar-refractivity contribution < 1.29 is 4.21 Å². The van der Waals surface area contributed by atoms with E-state index in [1.165, 1.54) is 0 Å². The SMILES string of the molecule is Cc1cccc(-c2c(-c3ccn[nH]3)sc3nc(C)cc(NS(=O)c4cccc(Cl)c4)c23)c1. The summed E-state index contributed by atoms with van der Waals surface area (Å²) in [6.07, 6.45) is 1.74. The van der Waals surface area contributed by atoms with Gasteiger partial charge in [-0.15, -0.1) is 11.3 Å². The Morgan fingerprint density at radius 1 is 1.06 bits per heavy atom. The second-order valence-corrected chi connectivity index (χ2v) is 10.1. The van der Waals surface area contributed by atoms with Crippen molar-refractivity contribution in [1.29, 1.82) is 0 Å². The topological polar surface area (TPSA) is 70.7 Å². The number of pyridine rings is 1. The molecule has 0 radical (unpaired) electrons. The van der Waals surface area contributed by atoms with Gasteiger partial charge in [-0.2, -0.15) is 5.10 Å². The number of nitrogens with zero attached hydrogens (tertiary/aromatic N) is 2. The molecule has 0 bridgehead atoms. The number of nitrogens with one attached hydrogen (secondary N) is 2. The van der Waals surface area contributed by atoms with Gasteiger partial charge in [-0.1, -0.05) is 47.5 Å². The van der Waals surface area contributed by atoms with E-state index in [0.717, 1.165) is 48.9 Å². The quantitative estimate of drug-likeness (QED) is 0.293. The highest BCUT2D eigenvalue weighted by molar-refractivity contribution is 7.86. The first kappa shape index (κ1) is 20.9. The molecule has 2 aromatic carbocycles. The molecular formula is C24H19ClN4OS2. The second kappa shape index (κ2) is 8.50. The van der Waals surface area contributed by atoms with Crippen LogP contribution >= 0.6 is 22.9 Å². The molecule has 0 saturated heterocycles. The summed E-state index contributed by atoms with van der Waals surface area (Å²) in [6.45, 7) is 4.01. The first-order valence-electron chi connectivity index (χ1n) is 9.94. The molecule has 32 heavy (non-hydrogen) atoms. The molecule has 0 aliphatic rings. The summed E-state index contributed by atoms with van der Waals surface area (Å²) in [4.78, 5) is 7.32. The lowest BCUT2D eigenvalue weighted by Gasteiger charge is -2.12. The molecule has 160 valence electrons. The van der Waals surface area contributed by atoms with Gasteiger partial charge in [0.15, 0.2) is 0 Å². The summed E-state index contributed by atoms with van der Waals surface area (Å²) in [5, 5.41) is 8.71. The molecule has 0 aliphatic carbocycles. The summed E-state index contributed by atoms with van der Waals surface area (Å²) >= 11 is 7.71. The van der Waals surface area contributed by atoms with Crippen LogP contribution in [0.15, 0.2) is 71.8 Å². The number of H-pyrrole nitrogens is 1. The normalized spacial score (nSPS) is 12.2. The summed E-state index contributed by atoms with van der Waals surface area (Å²) in [6, 6.07) is 19.3. The van der Waals surface area contributed by atoms with Crippen LogP contribution in [0, 0.1) is 13.8 Å². The fraction of sp³-hybridized carbons (Fsp3) is 0.0833.